The van der Waals surface area contributed by atoms with Crippen LogP contribution in [0.5, 0.6) is 23.0 Å². The Morgan fingerprint density at radius 1 is 0.571 bits per heavy atom. The molecule has 0 saturated heterocycles. The van der Waals surface area contributed by atoms with E-state index < -0.39 is 86.8 Å². The Morgan fingerprint density at radius 2 is 0.857 bits per heavy atom. The number of carbonyl (C=O) groups excluding carboxylic acids is 2. The summed E-state index contributed by atoms with van der Waals surface area (Å²) in [6.07, 6.45) is 0. The molecule has 6 N–H and O–H groups in total. The lowest BCUT2D eigenvalue weighted by atomic mass is 9.82. The molecule has 2 aromatic rings. The molecular formula is C14H8O12S2. The lowest BCUT2D eigenvalue weighted by Crippen LogP contribution is -2.23. The summed E-state index contributed by atoms with van der Waals surface area (Å²) in [5.41, 5.74) is -3.63. The van der Waals surface area contributed by atoms with Gasteiger partial charge in [-0.05, 0) is 12.1 Å². The zero-order valence-corrected chi connectivity index (χ0v) is 14.7. The van der Waals surface area contributed by atoms with Gasteiger partial charge in [-0.15, -0.1) is 0 Å². The van der Waals surface area contributed by atoms with Gasteiger partial charge in [0.2, 0.25) is 0 Å². The van der Waals surface area contributed by atoms with Gasteiger partial charge in [0.15, 0.2) is 34.6 Å². The molecule has 2 aromatic carbocycles. The maximum atomic E-state index is 12.6. The van der Waals surface area contributed by atoms with E-state index in [1.807, 2.05) is 0 Å². The molecule has 12 nitrogen and oxygen atoms in total. The Labute approximate surface area is 155 Å². The highest BCUT2D eigenvalue weighted by molar-refractivity contribution is 7.86. The van der Waals surface area contributed by atoms with Crippen molar-refractivity contribution < 1.29 is 56.0 Å². The van der Waals surface area contributed by atoms with Crippen molar-refractivity contribution in [2.45, 2.75) is 9.79 Å². The van der Waals surface area contributed by atoms with Crippen molar-refractivity contribution in [3.05, 3.63) is 34.4 Å². The van der Waals surface area contributed by atoms with Crippen molar-refractivity contribution in [3.8, 4) is 23.0 Å². The molecule has 14 heteroatoms. The number of benzene rings is 2. The first-order chi connectivity index (χ1) is 12.7. The van der Waals surface area contributed by atoms with Crippen LogP contribution in [0.4, 0.5) is 0 Å². The predicted octanol–water partition coefficient (Wildman–Crippen LogP) is -0.222. The molecular weight excluding hydrogens is 424 g/mol. The lowest BCUT2D eigenvalue weighted by molar-refractivity contribution is 0.0972. The molecule has 1 aliphatic rings. The fourth-order valence-electron chi connectivity index (χ4n) is 2.75. The second kappa shape index (κ2) is 5.65. The zero-order valence-electron chi connectivity index (χ0n) is 13.1. The van der Waals surface area contributed by atoms with Crippen molar-refractivity contribution in [3.63, 3.8) is 0 Å². The summed E-state index contributed by atoms with van der Waals surface area (Å²) in [6, 6.07) is 0.714. The Hall–Kier alpha value is -3.20. The van der Waals surface area contributed by atoms with Gasteiger partial charge in [-0.1, -0.05) is 0 Å². The van der Waals surface area contributed by atoms with Gasteiger partial charge in [-0.3, -0.25) is 18.7 Å². The number of hydrogen-bond donors (Lipinski definition) is 6. The smallest absolute Gasteiger partial charge is 0.298 e. The Morgan fingerprint density at radius 3 is 1.11 bits per heavy atom. The fourth-order valence-corrected chi connectivity index (χ4v) is 3.96. The van der Waals surface area contributed by atoms with E-state index in [4.69, 9.17) is 9.11 Å². The normalized spacial score (nSPS) is 13.9. The summed E-state index contributed by atoms with van der Waals surface area (Å²) in [5, 5.41) is 39.4. The molecule has 0 heterocycles. The number of ketones is 2. The molecule has 28 heavy (non-hydrogen) atoms. The van der Waals surface area contributed by atoms with Crippen molar-refractivity contribution >= 4 is 31.8 Å². The molecule has 0 spiro atoms. The summed E-state index contributed by atoms with van der Waals surface area (Å²) >= 11 is 0. The maximum Gasteiger partial charge on any atom is 0.298 e. The van der Waals surface area contributed by atoms with Gasteiger partial charge in [0.1, 0.15) is 9.79 Å². The van der Waals surface area contributed by atoms with Gasteiger partial charge in [0, 0.05) is 11.1 Å². The number of phenolic OH excluding ortho intramolecular Hbond substituents is 4. The maximum absolute atomic E-state index is 12.6. The molecule has 0 atom stereocenters. The van der Waals surface area contributed by atoms with E-state index in [2.05, 4.69) is 0 Å². The summed E-state index contributed by atoms with van der Waals surface area (Å²) in [7, 11) is -10.3. The lowest BCUT2D eigenvalue weighted by Gasteiger charge is -2.21. The van der Waals surface area contributed by atoms with Crippen LogP contribution in [0.3, 0.4) is 0 Å². The minimum absolute atomic E-state index is 0.357. The van der Waals surface area contributed by atoms with Crippen LogP contribution >= 0.6 is 0 Å². The van der Waals surface area contributed by atoms with Gasteiger partial charge in [-0.25, -0.2) is 0 Å². The molecule has 0 aromatic heterocycles. The first-order valence-electron chi connectivity index (χ1n) is 6.90. The Balaban J connectivity index is 2.47. The second-order valence-corrected chi connectivity index (χ2v) is 8.38. The number of fused-ring (bicyclic) bond motifs is 2. The molecule has 0 radical (unpaired) electrons. The first-order valence-corrected chi connectivity index (χ1v) is 9.78. The van der Waals surface area contributed by atoms with E-state index in [9.17, 15) is 46.9 Å². The highest BCUT2D eigenvalue weighted by Crippen LogP contribution is 2.46. The average molecular weight is 432 g/mol. The summed E-state index contributed by atoms with van der Waals surface area (Å²) < 4.78 is 63.4. The van der Waals surface area contributed by atoms with E-state index in [1.54, 1.807) is 0 Å². The van der Waals surface area contributed by atoms with E-state index in [-0.39, 0.29) is 0 Å². The standard InChI is InChI=1S/C14H8O12S2/c15-9-3-1-5(27(21,22)23)11(17)13(19)7(3)10(16)4-2-6(28(24,25)26)12(18)14(20)8(4)9/h1-2,17-20H,(H,21,22,23)(H,24,25,26). The molecule has 1 aliphatic carbocycles. The Bertz CT molecular complexity index is 1220. The van der Waals surface area contributed by atoms with Crippen molar-refractivity contribution in [1.82, 2.24) is 0 Å². The quantitative estimate of drug-likeness (QED) is 0.228. The predicted molar refractivity (Wildman–Crippen MR) is 86.0 cm³/mol. The number of aromatic hydroxyl groups is 4. The van der Waals surface area contributed by atoms with Crippen LogP contribution in [0, 0.1) is 0 Å². The van der Waals surface area contributed by atoms with E-state index in [1.165, 1.54) is 0 Å². The van der Waals surface area contributed by atoms with Crippen molar-refractivity contribution in [2.75, 3.05) is 0 Å². The summed E-state index contributed by atoms with van der Waals surface area (Å²) in [6.45, 7) is 0. The van der Waals surface area contributed by atoms with Gasteiger partial charge in [0.25, 0.3) is 20.2 Å². The second-order valence-electron chi connectivity index (χ2n) is 5.60. The van der Waals surface area contributed by atoms with E-state index in [0.717, 1.165) is 0 Å². The van der Waals surface area contributed by atoms with E-state index in [0.29, 0.717) is 12.1 Å². The molecule has 0 bridgehead atoms. The SMILES string of the molecule is O=C1c2cc(S(=O)(=O)O)c(O)c(O)c2C(=O)c2cc(S(=O)(=O)O)c(O)c(O)c21. The van der Waals surface area contributed by atoms with Crippen LogP contribution in [0.2, 0.25) is 0 Å². The van der Waals surface area contributed by atoms with Crippen LogP contribution in [-0.2, 0) is 20.2 Å². The van der Waals surface area contributed by atoms with Crippen LogP contribution in [0.15, 0.2) is 21.9 Å². The van der Waals surface area contributed by atoms with Crippen molar-refractivity contribution in [1.29, 1.82) is 0 Å². The van der Waals surface area contributed by atoms with Crippen LogP contribution in [-0.4, -0.2) is 57.9 Å². The molecule has 0 saturated carbocycles. The summed E-state index contributed by atoms with van der Waals surface area (Å²) in [4.78, 5) is 22.6. The molecule has 0 unspecified atom stereocenters. The van der Waals surface area contributed by atoms with Crippen LogP contribution < -0.4 is 0 Å². The zero-order chi connectivity index (χ0) is 21.3. The largest absolute Gasteiger partial charge is 0.504 e. The topological polar surface area (TPSA) is 224 Å². The number of hydrogen-bond acceptors (Lipinski definition) is 10. The van der Waals surface area contributed by atoms with Gasteiger partial charge in [0.05, 0.1) is 11.1 Å². The fraction of sp³-hybridized carbons (Fsp3) is 0. The van der Waals surface area contributed by atoms with Gasteiger partial charge in [-0.2, -0.15) is 16.8 Å². The minimum atomic E-state index is -5.15. The first kappa shape index (κ1) is 19.6. The average Bonchev–Trinajstić information content (AvgIpc) is 2.55. The molecule has 3 rings (SSSR count). The van der Waals surface area contributed by atoms with Crippen LogP contribution in [0.25, 0.3) is 0 Å². The third-order valence-electron chi connectivity index (χ3n) is 3.98. The number of phenols is 4. The molecule has 0 aliphatic heterocycles. The number of rotatable bonds is 2. The highest BCUT2D eigenvalue weighted by atomic mass is 32.2. The van der Waals surface area contributed by atoms with Gasteiger partial charge >= 0.3 is 0 Å². The monoisotopic (exact) mass is 432 g/mol. The number of carbonyl (C=O) groups is 2. The third-order valence-corrected chi connectivity index (χ3v) is 5.71. The molecule has 0 fully saturated rings. The minimum Gasteiger partial charge on any atom is -0.504 e. The van der Waals surface area contributed by atoms with E-state index >= 15 is 0 Å². The Kier molecular flexibility index (Phi) is 3.95. The highest BCUT2D eigenvalue weighted by Gasteiger charge is 2.40. The molecule has 148 valence electrons. The summed E-state index contributed by atoms with van der Waals surface area (Å²) in [5.74, 6) is -8.42. The van der Waals surface area contributed by atoms with Gasteiger partial charge < -0.3 is 20.4 Å². The third kappa shape index (κ3) is 2.58. The van der Waals surface area contributed by atoms with Crippen LogP contribution in [0.1, 0.15) is 31.8 Å². The molecule has 0 amide bonds. The van der Waals surface area contributed by atoms with Crippen molar-refractivity contribution in [2.24, 2.45) is 0 Å².